The van der Waals surface area contributed by atoms with Gasteiger partial charge in [-0.2, -0.15) is 0 Å². The smallest absolute Gasteiger partial charge is 0.227 e. The zero-order valence-electron chi connectivity index (χ0n) is 10.3. The van der Waals surface area contributed by atoms with Gasteiger partial charge >= 0.3 is 0 Å². The van der Waals surface area contributed by atoms with Gasteiger partial charge < -0.3 is 10.2 Å². The molecule has 5 nitrogen and oxygen atoms in total. The third kappa shape index (κ3) is 2.80. The van der Waals surface area contributed by atoms with E-state index >= 15 is 0 Å². The van der Waals surface area contributed by atoms with Gasteiger partial charge in [0.15, 0.2) is 9.84 Å². The van der Waals surface area contributed by atoms with E-state index in [2.05, 4.69) is 5.32 Å². The lowest BCUT2D eigenvalue weighted by atomic mass is 10.0. The molecule has 0 radical (unpaired) electrons. The van der Waals surface area contributed by atoms with Crippen molar-refractivity contribution in [2.24, 2.45) is 5.92 Å². The number of nitrogens with one attached hydrogen (secondary N) is 1. The highest BCUT2D eigenvalue weighted by atomic mass is 32.2. The summed E-state index contributed by atoms with van der Waals surface area (Å²) in [7, 11) is -2.97. The van der Waals surface area contributed by atoms with Crippen LogP contribution in [0.15, 0.2) is 0 Å². The molecule has 3 unspecified atom stereocenters. The number of hydrogen-bond donors (Lipinski definition) is 1. The van der Waals surface area contributed by atoms with Crippen LogP contribution in [0.5, 0.6) is 0 Å². The first-order valence-electron chi connectivity index (χ1n) is 6.13. The number of rotatable bonds is 1. The number of piperazine rings is 1. The average molecular weight is 260 g/mol. The molecule has 17 heavy (non-hydrogen) atoms. The number of hydrogen-bond acceptors (Lipinski definition) is 4. The Kier molecular flexibility index (Phi) is 3.45. The molecule has 0 saturated carbocycles. The van der Waals surface area contributed by atoms with E-state index in [1.165, 1.54) is 0 Å². The van der Waals surface area contributed by atoms with Gasteiger partial charge in [-0.3, -0.25) is 4.79 Å². The van der Waals surface area contributed by atoms with Crippen molar-refractivity contribution in [3.8, 4) is 0 Å². The third-order valence-corrected chi connectivity index (χ3v) is 5.40. The van der Waals surface area contributed by atoms with Crippen molar-refractivity contribution in [1.82, 2.24) is 10.2 Å². The summed E-state index contributed by atoms with van der Waals surface area (Å²) in [6, 6.07) is 0.440. The first-order valence-corrected chi connectivity index (χ1v) is 7.95. The van der Waals surface area contributed by atoms with Crippen LogP contribution in [0.3, 0.4) is 0 Å². The van der Waals surface area contributed by atoms with E-state index in [4.69, 9.17) is 0 Å². The predicted octanol–water partition coefficient (Wildman–Crippen LogP) is -0.370. The molecule has 3 atom stereocenters. The molecule has 2 heterocycles. The normalized spacial score (nSPS) is 37.1. The molecule has 0 aromatic rings. The Balaban J connectivity index is 2.04. The van der Waals surface area contributed by atoms with Crippen LogP contribution in [0.4, 0.5) is 0 Å². The minimum Gasteiger partial charge on any atom is -0.337 e. The number of carbonyl (C=O) groups is 1. The molecule has 0 aromatic heterocycles. The van der Waals surface area contributed by atoms with Crippen LogP contribution >= 0.6 is 0 Å². The molecule has 6 heteroatoms. The maximum Gasteiger partial charge on any atom is 0.227 e. The monoisotopic (exact) mass is 260 g/mol. The maximum atomic E-state index is 12.3. The Morgan fingerprint density at radius 3 is 2.65 bits per heavy atom. The minimum absolute atomic E-state index is 0.0203. The second-order valence-electron chi connectivity index (χ2n) is 5.25. The third-order valence-electron chi connectivity index (χ3n) is 3.63. The molecule has 2 aliphatic heterocycles. The van der Waals surface area contributed by atoms with E-state index in [1.54, 1.807) is 0 Å². The van der Waals surface area contributed by atoms with Gasteiger partial charge in [-0.15, -0.1) is 0 Å². The van der Waals surface area contributed by atoms with Gasteiger partial charge in [0.2, 0.25) is 5.91 Å². The summed E-state index contributed by atoms with van der Waals surface area (Å²) in [5.74, 6) is -0.0873. The van der Waals surface area contributed by atoms with Crippen molar-refractivity contribution in [3.63, 3.8) is 0 Å². The Labute approximate surface area is 102 Å². The summed E-state index contributed by atoms with van der Waals surface area (Å²) in [4.78, 5) is 14.1. The molecule has 1 amide bonds. The molecule has 0 bridgehead atoms. The van der Waals surface area contributed by atoms with Gasteiger partial charge in [0.1, 0.15) is 0 Å². The highest BCUT2D eigenvalue weighted by Gasteiger charge is 2.37. The lowest BCUT2D eigenvalue weighted by molar-refractivity contribution is -0.138. The molecule has 0 spiro atoms. The van der Waals surface area contributed by atoms with E-state index in [-0.39, 0.29) is 35.4 Å². The largest absolute Gasteiger partial charge is 0.337 e. The SMILES string of the molecule is CC1CN(C(=O)C2CCS(=O)(=O)C2)C(C)CN1. The van der Waals surface area contributed by atoms with Crippen LogP contribution < -0.4 is 5.32 Å². The highest BCUT2D eigenvalue weighted by Crippen LogP contribution is 2.22. The Morgan fingerprint density at radius 1 is 1.35 bits per heavy atom. The quantitative estimate of drug-likeness (QED) is 0.698. The summed E-state index contributed by atoms with van der Waals surface area (Å²) >= 11 is 0. The molecular weight excluding hydrogens is 240 g/mol. The first kappa shape index (κ1) is 12.8. The molecule has 2 fully saturated rings. The summed E-state index contributed by atoms with van der Waals surface area (Å²) in [5, 5.41) is 3.31. The summed E-state index contributed by atoms with van der Waals surface area (Å²) in [6.07, 6.45) is 0.492. The molecule has 0 aromatic carbocycles. The Hall–Kier alpha value is -0.620. The molecule has 2 saturated heterocycles. The Bertz CT molecular complexity index is 407. The van der Waals surface area contributed by atoms with Crippen LogP contribution in [0.25, 0.3) is 0 Å². The molecule has 0 aliphatic carbocycles. The standard InChI is InChI=1S/C11H20N2O3S/c1-8-6-13(9(2)5-12-8)11(14)10-3-4-17(15,16)7-10/h8-10,12H,3-7H2,1-2H3. The van der Waals surface area contributed by atoms with E-state index in [0.717, 1.165) is 6.54 Å². The molecular formula is C11H20N2O3S. The van der Waals surface area contributed by atoms with Gasteiger partial charge in [0.25, 0.3) is 0 Å². The Morgan fingerprint density at radius 2 is 2.06 bits per heavy atom. The second kappa shape index (κ2) is 4.57. The zero-order chi connectivity index (χ0) is 12.6. The second-order valence-corrected chi connectivity index (χ2v) is 7.48. The number of amides is 1. The maximum absolute atomic E-state index is 12.3. The zero-order valence-corrected chi connectivity index (χ0v) is 11.2. The van der Waals surface area contributed by atoms with Crippen LogP contribution in [-0.2, 0) is 14.6 Å². The average Bonchev–Trinajstić information content (AvgIpc) is 2.61. The van der Waals surface area contributed by atoms with E-state index in [0.29, 0.717) is 13.0 Å². The molecule has 98 valence electrons. The highest BCUT2D eigenvalue weighted by molar-refractivity contribution is 7.91. The van der Waals surface area contributed by atoms with Crippen molar-refractivity contribution in [3.05, 3.63) is 0 Å². The van der Waals surface area contributed by atoms with Crippen molar-refractivity contribution in [2.75, 3.05) is 24.6 Å². The van der Waals surface area contributed by atoms with Crippen molar-refractivity contribution in [2.45, 2.75) is 32.4 Å². The van der Waals surface area contributed by atoms with E-state index in [9.17, 15) is 13.2 Å². The first-order chi connectivity index (χ1) is 7.89. The van der Waals surface area contributed by atoms with Crippen LogP contribution in [0.1, 0.15) is 20.3 Å². The van der Waals surface area contributed by atoms with Crippen LogP contribution in [0, 0.1) is 5.92 Å². The lowest BCUT2D eigenvalue weighted by Crippen LogP contribution is -2.57. The van der Waals surface area contributed by atoms with Crippen LogP contribution in [0.2, 0.25) is 0 Å². The lowest BCUT2D eigenvalue weighted by Gasteiger charge is -2.38. The van der Waals surface area contributed by atoms with Gasteiger partial charge in [0, 0.05) is 25.2 Å². The number of nitrogens with zero attached hydrogens (tertiary/aromatic N) is 1. The molecule has 2 rings (SSSR count). The minimum atomic E-state index is -2.97. The fraction of sp³-hybridized carbons (Fsp3) is 0.909. The van der Waals surface area contributed by atoms with E-state index < -0.39 is 9.84 Å². The van der Waals surface area contributed by atoms with Crippen molar-refractivity contribution < 1.29 is 13.2 Å². The van der Waals surface area contributed by atoms with Gasteiger partial charge in [-0.05, 0) is 20.3 Å². The van der Waals surface area contributed by atoms with Gasteiger partial charge in [-0.25, -0.2) is 8.42 Å². The fourth-order valence-corrected chi connectivity index (χ4v) is 4.29. The van der Waals surface area contributed by atoms with Crippen LogP contribution in [-0.4, -0.2) is 55.9 Å². The van der Waals surface area contributed by atoms with Crippen molar-refractivity contribution >= 4 is 15.7 Å². The predicted molar refractivity (Wildman–Crippen MR) is 65.4 cm³/mol. The fourth-order valence-electron chi connectivity index (χ4n) is 2.55. The summed E-state index contributed by atoms with van der Waals surface area (Å²) in [5.41, 5.74) is 0. The summed E-state index contributed by atoms with van der Waals surface area (Å²) in [6.45, 7) is 5.50. The summed E-state index contributed by atoms with van der Waals surface area (Å²) < 4.78 is 22.8. The van der Waals surface area contributed by atoms with Gasteiger partial charge in [-0.1, -0.05) is 0 Å². The molecule has 2 aliphatic rings. The van der Waals surface area contributed by atoms with E-state index in [1.807, 2.05) is 18.7 Å². The molecule has 1 N–H and O–H groups in total. The number of sulfone groups is 1. The van der Waals surface area contributed by atoms with Crippen molar-refractivity contribution in [1.29, 1.82) is 0 Å². The topological polar surface area (TPSA) is 66.5 Å². The number of carbonyl (C=O) groups excluding carboxylic acids is 1. The van der Waals surface area contributed by atoms with Gasteiger partial charge in [0.05, 0.1) is 17.4 Å².